The molecule has 1 N–H and O–H groups in total. The van der Waals surface area contributed by atoms with Crippen molar-refractivity contribution in [2.24, 2.45) is 0 Å². The third-order valence-corrected chi connectivity index (χ3v) is 2.98. The molecule has 0 radical (unpaired) electrons. The number of anilines is 1. The van der Waals surface area contributed by atoms with Crippen LogP contribution in [0.25, 0.3) is 0 Å². The standard InChI is InChI=1S/C14H16F3N3/c1-10(2)20-8-7-18-13(20)19-9-11-5-3-4-6-12(11)14(15,16)17/h3-8,10H,9H2,1-2H3,(H,18,19). The van der Waals surface area contributed by atoms with Crippen molar-refractivity contribution in [3.8, 4) is 0 Å². The maximum atomic E-state index is 12.9. The van der Waals surface area contributed by atoms with Gasteiger partial charge in [-0.1, -0.05) is 18.2 Å². The van der Waals surface area contributed by atoms with Crippen molar-refractivity contribution in [3.63, 3.8) is 0 Å². The molecule has 0 aliphatic carbocycles. The molecule has 2 rings (SSSR count). The molecule has 0 bridgehead atoms. The van der Waals surface area contributed by atoms with Gasteiger partial charge in [0.15, 0.2) is 0 Å². The van der Waals surface area contributed by atoms with Gasteiger partial charge in [0.1, 0.15) is 0 Å². The van der Waals surface area contributed by atoms with Crippen LogP contribution < -0.4 is 5.32 Å². The quantitative estimate of drug-likeness (QED) is 0.915. The Labute approximate surface area is 115 Å². The van der Waals surface area contributed by atoms with Crippen molar-refractivity contribution < 1.29 is 13.2 Å². The summed E-state index contributed by atoms with van der Waals surface area (Å²) in [4.78, 5) is 4.11. The van der Waals surface area contributed by atoms with Gasteiger partial charge in [-0.3, -0.25) is 0 Å². The van der Waals surface area contributed by atoms with E-state index in [0.717, 1.165) is 6.07 Å². The van der Waals surface area contributed by atoms with Crippen LogP contribution in [0.1, 0.15) is 31.0 Å². The molecule has 0 spiro atoms. The molecule has 3 nitrogen and oxygen atoms in total. The molecular weight excluding hydrogens is 267 g/mol. The van der Waals surface area contributed by atoms with E-state index >= 15 is 0 Å². The van der Waals surface area contributed by atoms with E-state index in [1.807, 2.05) is 18.4 Å². The molecule has 0 fully saturated rings. The molecule has 1 aromatic heterocycles. The lowest BCUT2D eigenvalue weighted by atomic mass is 10.1. The zero-order valence-corrected chi connectivity index (χ0v) is 11.3. The Morgan fingerprint density at radius 1 is 1.25 bits per heavy atom. The fraction of sp³-hybridized carbons (Fsp3) is 0.357. The van der Waals surface area contributed by atoms with E-state index in [4.69, 9.17) is 0 Å². The Hall–Kier alpha value is -1.98. The smallest absolute Gasteiger partial charge is 0.352 e. The molecule has 1 heterocycles. The second kappa shape index (κ2) is 5.56. The van der Waals surface area contributed by atoms with Crippen molar-refractivity contribution in [1.82, 2.24) is 9.55 Å². The van der Waals surface area contributed by atoms with Gasteiger partial charge < -0.3 is 9.88 Å². The minimum Gasteiger partial charge on any atom is -0.352 e. The third kappa shape index (κ3) is 3.12. The van der Waals surface area contributed by atoms with Crippen molar-refractivity contribution >= 4 is 5.95 Å². The first-order valence-corrected chi connectivity index (χ1v) is 6.31. The van der Waals surface area contributed by atoms with Gasteiger partial charge >= 0.3 is 6.18 Å². The van der Waals surface area contributed by atoms with Gasteiger partial charge in [0.25, 0.3) is 0 Å². The number of aromatic nitrogens is 2. The number of hydrogen-bond acceptors (Lipinski definition) is 2. The second-order valence-electron chi connectivity index (χ2n) is 4.76. The van der Waals surface area contributed by atoms with E-state index < -0.39 is 11.7 Å². The summed E-state index contributed by atoms with van der Waals surface area (Å²) in [6.07, 6.45) is -0.924. The monoisotopic (exact) mass is 283 g/mol. The first-order chi connectivity index (χ1) is 9.39. The maximum Gasteiger partial charge on any atom is 0.416 e. The first kappa shape index (κ1) is 14.4. The Kier molecular flexibility index (Phi) is 4.01. The van der Waals surface area contributed by atoms with Gasteiger partial charge in [-0.05, 0) is 25.5 Å². The Morgan fingerprint density at radius 2 is 1.95 bits per heavy atom. The van der Waals surface area contributed by atoms with Crippen molar-refractivity contribution in [3.05, 3.63) is 47.8 Å². The molecule has 0 saturated heterocycles. The number of benzene rings is 1. The lowest BCUT2D eigenvalue weighted by molar-refractivity contribution is -0.138. The topological polar surface area (TPSA) is 29.9 Å². The molecule has 1 aromatic carbocycles. The summed E-state index contributed by atoms with van der Waals surface area (Å²) >= 11 is 0. The van der Waals surface area contributed by atoms with Crippen LogP contribution in [0.5, 0.6) is 0 Å². The summed E-state index contributed by atoms with van der Waals surface area (Å²) in [7, 11) is 0. The van der Waals surface area contributed by atoms with Gasteiger partial charge in [-0.15, -0.1) is 0 Å². The lowest BCUT2D eigenvalue weighted by Crippen LogP contribution is -2.14. The molecule has 0 aliphatic heterocycles. The van der Waals surface area contributed by atoms with Gasteiger partial charge in [-0.2, -0.15) is 13.2 Å². The van der Waals surface area contributed by atoms with E-state index in [1.54, 1.807) is 18.5 Å². The van der Waals surface area contributed by atoms with Gasteiger partial charge in [0.2, 0.25) is 5.95 Å². The molecule has 20 heavy (non-hydrogen) atoms. The minimum absolute atomic E-state index is 0.0828. The number of nitrogens with zero attached hydrogens (tertiary/aromatic N) is 2. The van der Waals surface area contributed by atoms with Crippen LogP contribution in [0.4, 0.5) is 19.1 Å². The Bertz CT molecular complexity index is 573. The van der Waals surface area contributed by atoms with Crippen LogP contribution in [0.15, 0.2) is 36.7 Å². The first-order valence-electron chi connectivity index (χ1n) is 6.31. The van der Waals surface area contributed by atoms with E-state index in [-0.39, 0.29) is 18.2 Å². The van der Waals surface area contributed by atoms with E-state index in [2.05, 4.69) is 10.3 Å². The van der Waals surface area contributed by atoms with Crippen LogP contribution in [0.3, 0.4) is 0 Å². The molecule has 0 amide bonds. The van der Waals surface area contributed by atoms with Crippen LogP contribution in [-0.4, -0.2) is 9.55 Å². The summed E-state index contributed by atoms with van der Waals surface area (Å²) in [5.41, 5.74) is -0.409. The lowest BCUT2D eigenvalue weighted by Gasteiger charge is -2.15. The number of rotatable bonds is 4. The van der Waals surface area contributed by atoms with Crippen molar-refractivity contribution in [2.45, 2.75) is 32.6 Å². The molecule has 0 unspecified atom stereocenters. The zero-order chi connectivity index (χ0) is 14.8. The van der Waals surface area contributed by atoms with E-state index in [1.165, 1.54) is 12.1 Å². The van der Waals surface area contributed by atoms with Crippen molar-refractivity contribution in [2.75, 3.05) is 5.32 Å². The predicted octanol–water partition coefficient (Wildman–Crippen LogP) is 4.09. The summed E-state index contributed by atoms with van der Waals surface area (Å²) in [5.74, 6) is 0.567. The second-order valence-corrected chi connectivity index (χ2v) is 4.76. The SMILES string of the molecule is CC(C)n1ccnc1NCc1ccccc1C(F)(F)F. The number of halogens is 3. The Balaban J connectivity index is 2.18. The van der Waals surface area contributed by atoms with Gasteiger partial charge in [0.05, 0.1) is 5.56 Å². The molecule has 0 saturated carbocycles. The zero-order valence-electron chi connectivity index (χ0n) is 11.3. The maximum absolute atomic E-state index is 12.9. The molecule has 108 valence electrons. The van der Waals surface area contributed by atoms with Crippen molar-refractivity contribution in [1.29, 1.82) is 0 Å². The van der Waals surface area contributed by atoms with Crippen LogP contribution in [0, 0.1) is 0 Å². The third-order valence-electron chi connectivity index (χ3n) is 2.98. The van der Waals surface area contributed by atoms with Crippen LogP contribution in [0.2, 0.25) is 0 Å². The van der Waals surface area contributed by atoms with E-state index in [9.17, 15) is 13.2 Å². The van der Waals surface area contributed by atoms with Crippen LogP contribution >= 0.6 is 0 Å². The van der Waals surface area contributed by atoms with Gasteiger partial charge in [0, 0.05) is 25.0 Å². The van der Waals surface area contributed by atoms with Gasteiger partial charge in [-0.25, -0.2) is 4.98 Å². The molecular formula is C14H16F3N3. The fourth-order valence-corrected chi connectivity index (χ4v) is 1.99. The summed E-state index contributed by atoms with van der Waals surface area (Å²) in [6, 6.07) is 5.74. The number of alkyl halides is 3. The highest BCUT2D eigenvalue weighted by Crippen LogP contribution is 2.32. The summed E-state index contributed by atoms with van der Waals surface area (Å²) in [5, 5.41) is 2.96. The minimum atomic E-state index is -4.34. The molecule has 0 aliphatic rings. The highest BCUT2D eigenvalue weighted by atomic mass is 19.4. The predicted molar refractivity (Wildman–Crippen MR) is 71.4 cm³/mol. The Morgan fingerprint density at radius 3 is 2.60 bits per heavy atom. The number of hydrogen-bond donors (Lipinski definition) is 1. The van der Waals surface area contributed by atoms with E-state index in [0.29, 0.717) is 5.95 Å². The number of imidazole rings is 1. The fourth-order valence-electron chi connectivity index (χ4n) is 1.99. The molecule has 6 heteroatoms. The number of nitrogens with one attached hydrogen (secondary N) is 1. The highest BCUT2D eigenvalue weighted by molar-refractivity contribution is 5.35. The normalized spacial score (nSPS) is 11.9. The summed E-state index contributed by atoms with van der Waals surface area (Å²) in [6.45, 7) is 4.05. The highest BCUT2D eigenvalue weighted by Gasteiger charge is 2.32. The molecule has 0 atom stereocenters. The van der Waals surface area contributed by atoms with Crippen LogP contribution in [-0.2, 0) is 12.7 Å². The largest absolute Gasteiger partial charge is 0.416 e. The average molecular weight is 283 g/mol. The molecule has 2 aromatic rings. The summed E-state index contributed by atoms with van der Waals surface area (Å²) < 4.78 is 40.5. The average Bonchev–Trinajstić information content (AvgIpc) is 2.84.